The molecule has 0 aromatic heterocycles. The molecule has 0 saturated heterocycles. The van der Waals surface area contributed by atoms with Crippen LogP contribution >= 0.6 is 0 Å². The monoisotopic (exact) mass is 463 g/mol. The van der Waals surface area contributed by atoms with Crippen molar-refractivity contribution in [3.05, 3.63) is 119 Å². The molecule has 2 N–H and O–H groups in total. The first kappa shape index (κ1) is 22.7. The quantitative estimate of drug-likeness (QED) is 0.422. The van der Waals surface area contributed by atoms with Crippen LogP contribution in [0.4, 0.5) is 4.79 Å². The molecule has 1 atom stereocenters. The van der Waals surface area contributed by atoms with E-state index in [0.29, 0.717) is 19.6 Å². The van der Waals surface area contributed by atoms with E-state index in [0.717, 1.165) is 40.3 Å². The number of fused-ring (bicyclic) bond motifs is 2. The molecule has 5 heteroatoms. The molecule has 35 heavy (non-hydrogen) atoms. The molecule has 3 amide bonds. The van der Waals surface area contributed by atoms with Gasteiger partial charge in [-0.05, 0) is 45.9 Å². The van der Waals surface area contributed by atoms with Gasteiger partial charge in [-0.3, -0.25) is 4.79 Å². The number of hydrogen-bond donors (Lipinski definition) is 2. The Morgan fingerprint density at radius 2 is 1.54 bits per heavy atom. The summed E-state index contributed by atoms with van der Waals surface area (Å²) in [5, 5.41) is 8.39. The Morgan fingerprint density at radius 1 is 0.800 bits per heavy atom. The lowest BCUT2D eigenvalue weighted by Gasteiger charge is -2.36. The molecule has 4 aromatic carbocycles. The highest BCUT2D eigenvalue weighted by molar-refractivity contribution is 5.90. The Kier molecular flexibility index (Phi) is 6.75. The zero-order chi connectivity index (χ0) is 24.0. The van der Waals surface area contributed by atoms with E-state index in [4.69, 9.17) is 0 Å². The normalized spacial score (nSPS) is 14.9. The van der Waals surface area contributed by atoms with Crippen molar-refractivity contribution in [1.82, 2.24) is 15.5 Å². The summed E-state index contributed by atoms with van der Waals surface area (Å²) in [5.41, 5.74) is 4.24. The van der Waals surface area contributed by atoms with E-state index in [9.17, 15) is 9.59 Å². The molecule has 0 radical (unpaired) electrons. The molecule has 1 aliphatic rings. The largest absolute Gasteiger partial charge is 0.354 e. The van der Waals surface area contributed by atoms with E-state index in [2.05, 4.69) is 41.0 Å². The van der Waals surface area contributed by atoms with Gasteiger partial charge in [0.25, 0.3) is 0 Å². The maximum absolute atomic E-state index is 13.4. The first-order chi connectivity index (χ1) is 17.2. The molecule has 0 unspecified atom stereocenters. The van der Waals surface area contributed by atoms with Crippen molar-refractivity contribution in [1.29, 1.82) is 0 Å². The van der Waals surface area contributed by atoms with E-state index in [1.165, 1.54) is 5.56 Å². The fourth-order valence-corrected chi connectivity index (χ4v) is 4.86. The van der Waals surface area contributed by atoms with E-state index in [1.807, 2.05) is 66.7 Å². The van der Waals surface area contributed by atoms with Crippen LogP contribution in [0.5, 0.6) is 0 Å². The van der Waals surface area contributed by atoms with Crippen molar-refractivity contribution < 1.29 is 9.59 Å². The number of carbonyl (C=O) groups is 2. The molecule has 5 nitrogen and oxygen atoms in total. The maximum Gasteiger partial charge on any atom is 0.318 e. The van der Waals surface area contributed by atoms with Crippen LogP contribution in [0.1, 0.15) is 28.3 Å². The molecule has 5 rings (SSSR count). The van der Waals surface area contributed by atoms with E-state index in [-0.39, 0.29) is 11.9 Å². The topological polar surface area (TPSA) is 61.4 Å². The van der Waals surface area contributed by atoms with Crippen molar-refractivity contribution in [2.45, 2.75) is 25.4 Å². The Morgan fingerprint density at radius 3 is 2.43 bits per heavy atom. The van der Waals surface area contributed by atoms with Crippen molar-refractivity contribution in [3.63, 3.8) is 0 Å². The fraction of sp³-hybridized carbons (Fsp3) is 0.200. The molecule has 176 valence electrons. The Labute approximate surface area is 205 Å². The third kappa shape index (κ3) is 5.04. The summed E-state index contributed by atoms with van der Waals surface area (Å²) in [6.45, 7) is 1.42. The Balaban J connectivity index is 1.31. The summed E-state index contributed by atoms with van der Waals surface area (Å²) < 4.78 is 0. The summed E-state index contributed by atoms with van der Waals surface area (Å²) in [6.07, 6.45) is 1.47. The molecule has 0 fully saturated rings. The minimum Gasteiger partial charge on any atom is -0.354 e. The Hall–Kier alpha value is -4.12. The van der Waals surface area contributed by atoms with Crippen LogP contribution in [-0.2, 0) is 24.2 Å². The minimum absolute atomic E-state index is 0.145. The van der Waals surface area contributed by atoms with Crippen molar-refractivity contribution in [2.75, 3.05) is 13.1 Å². The minimum atomic E-state index is -0.650. The van der Waals surface area contributed by atoms with Crippen LogP contribution in [0, 0.1) is 0 Å². The van der Waals surface area contributed by atoms with E-state index < -0.39 is 6.04 Å². The maximum atomic E-state index is 13.4. The van der Waals surface area contributed by atoms with Crippen LogP contribution in [0.15, 0.2) is 97.1 Å². The highest BCUT2D eigenvalue weighted by Crippen LogP contribution is 2.30. The zero-order valence-corrected chi connectivity index (χ0v) is 19.6. The average molecular weight is 464 g/mol. The Bertz CT molecular complexity index is 1330. The number of hydrogen-bond acceptors (Lipinski definition) is 2. The number of nitrogens with one attached hydrogen (secondary N) is 2. The van der Waals surface area contributed by atoms with Gasteiger partial charge in [0.05, 0.1) is 0 Å². The van der Waals surface area contributed by atoms with Gasteiger partial charge in [-0.25, -0.2) is 4.79 Å². The van der Waals surface area contributed by atoms with Crippen LogP contribution in [0.2, 0.25) is 0 Å². The van der Waals surface area contributed by atoms with Crippen LogP contribution in [0.3, 0.4) is 0 Å². The SMILES string of the molecule is O=C(NCCc1ccccc1)[C@@H]1c2ccccc2CCN1C(=O)NCc1cccc2ccccc12. The van der Waals surface area contributed by atoms with Gasteiger partial charge in [0.15, 0.2) is 0 Å². The molecular weight excluding hydrogens is 434 g/mol. The van der Waals surface area contributed by atoms with Gasteiger partial charge in [0.1, 0.15) is 6.04 Å². The summed E-state index contributed by atoms with van der Waals surface area (Å²) in [5.74, 6) is -0.145. The molecule has 4 aromatic rings. The van der Waals surface area contributed by atoms with Gasteiger partial charge in [-0.2, -0.15) is 0 Å². The van der Waals surface area contributed by atoms with Crippen LogP contribution < -0.4 is 10.6 Å². The smallest absolute Gasteiger partial charge is 0.318 e. The lowest BCUT2D eigenvalue weighted by molar-refractivity contribution is -0.126. The molecule has 0 spiro atoms. The molecular formula is C30H29N3O2. The predicted molar refractivity (Wildman–Crippen MR) is 139 cm³/mol. The van der Waals surface area contributed by atoms with E-state index >= 15 is 0 Å². The second-order valence-corrected chi connectivity index (χ2v) is 8.87. The number of urea groups is 1. The highest BCUT2D eigenvalue weighted by Gasteiger charge is 2.35. The second-order valence-electron chi connectivity index (χ2n) is 8.87. The number of nitrogens with zero attached hydrogens (tertiary/aromatic N) is 1. The number of benzene rings is 4. The number of amides is 3. The lowest BCUT2D eigenvalue weighted by atomic mass is 9.92. The first-order valence-corrected chi connectivity index (χ1v) is 12.1. The lowest BCUT2D eigenvalue weighted by Crippen LogP contribution is -2.50. The van der Waals surface area contributed by atoms with Gasteiger partial charge in [0, 0.05) is 19.6 Å². The van der Waals surface area contributed by atoms with Crippen molar-refractivity contribution >= 4 is 22.7 Å². The predicted octanol–water partition coefficient (Wildman–Crippen LogP) is 5.01. The highest BCUT2D eigenvalue weighted by atomic mass is 16.2. The van der Waals surface area contributed by atoms with Crippen LogP contribution in [0.25, 0.3) is 10.8 Å². The summed E-state index contributed by atoms with van der Waals surface area (Å²) in [6, 6.07) is 31.4. The van der Waals surface area contributed by atoms with Crippen molar-refractivity contribution in [2.24, 2.45) is 0 Å². The van der Waals surface area contributed by atoms with Gasteiger partial charge in [-0.1, -0.05) is 97.1 Å². The van der Waals surface area contributed by atoms with Gasteiger partial charge in [-0.15, -0.1) is 0 Å². The fourth-order valence-electron chi connectivity index (χ4n) is 4.86. The first-order valence-electron chi connectivity index (χ1n) is 12.1. The van der Waals surface area contributed by atoms with Gasteiger partial charge in [0.2, 0.25) is 5.91 Å². The third-order valence-electron chi connectivity index (χ3n) is 6.66. The van der Waals surface area contributed by atoms with Gasteiger partial charge < -0.3 is 15.5 Å². The van der Waals surface area contributed by atoms with Crippen LogP contribution in [-0.4, -0.2) is 29.9 Å². The molecule has 1 heterocycles. The second kappa shape index (κ2) is 10.4. The van der Waals surface area contributed by atoms with Gasteiger partial charge >= 0.3 is 6.03 Å². The summed E-state index contributed by atoms with van der Waals surface area (Å²) in [4.78, 5) is 28.4. The molecule has 0 saturated carbocycles. The summed E-state index contributed by atoms with van der Waals surface area (Å²) in [7, 11) is 0. The molecule has 0 aliphatic carbocycles. The third-order valence-corrected chi connectivity index (χ3v) is 6.66. The van der Waals surface area contributed by atoms with E-state index in [1.54, 1.807) is 4.90 Å². The number of carbonyl (C=O) groups excluding carboxylic acids is 2. The summed E-state index contributed by atoms with van der Waals surface area (Å²) >= 11 is 0. The molecule has 0 bridgehead atoms. The zero-order valence-electron chi connectivity index (χ0n) is 19.6. The average Bonchev–Trinajstić information content (AvgIpc) is 2.91. The standard InChI is InChI=1S/C30H29N3O2/c34-29(31-19-17-22-9-2-1-3-10-22)28-27-16-7-5-12-24(27)18-20-33(28)30(35)32-21-25-14-8-13-23-11-4-6-15-26(23)25/h1-16,28H,17-21H2,(H,31,34)(H,32,35)/t28-/m0/s1. The number of rotatable bonds is 6. The van der Waals surface area contributed by atoms with Crippen molar-refractivity contribution in [3.8, 4) is 0 Å². The molecule has 1 aliphatic heterocycles.